The molecule has 1 fully saturated rings. The van der Waals surface area contributed by atoms with Crippen LogP contribution in [0.3, 0.4) is 0 Å². The van der Waals surface area contributed by atoms with E-state index in [1.165, 1.54) is 30.4 Å². The van der Waals surface area contributed by atoms with Gasteiger partial charge in [-0.3, -0.25) is 9.79 Å². The molecule has 0 spiro atoms. The number of epoxide rings is 1. The van der Waals surface area contributed by atoms with Crippen molar-refractivity contribution in [1.29, 1.82) is 0 Å². The Kier molecular flexibility index (Phi) is 4.08. The predicted molar refractivity (Wildman–Crippen MR) is 100 cm³/mol. The molecule has 1 saturated heterocycles. The molecule has 1 N–H and O–H groups in total. The van der Waals surface area contributed by atoms with E-state index in [2.05, 4.69) is 28.7 Å². The number of aliphatic hydroxyl groups is 1. The molecular formula is C22H17NO5. The Morgan fingerprint density at radius 3 is 2.75 bits per heavy atom. The van der Waals surface area contributed by atoms with Crippen LogP contribution in [-0.2, 0) is 19.1 Å². The minimum atomic E-state index is -2.19. The summed E-state index contributed by atoms with van der Waals surface area (Å²) in [7, 11) is 0. The second kappa shape index (κ2) is 6.24. The van der Waals surface area contributed by atoms with E-state index >= 15 is 0 Å². The van der Waals surface area contributed by atoms with Crippen molar-refractivity contribution in [3.63, 3.8) is 0 Å². The predicted octanol–water partition coefficient (Wildman–Crippen LogP) is 0.504. The Bertz CT molecular complexity index is 1020. The molecule has 6 heteroatoms. The number of carbonyl (C=O) groups excluding carboxylic acids is 3. The average molecular weight is 375 g/mol. The van der Waals surface area contributed by atoms with Gasteiger partial charge in [0, 0.05) is 5.57 Å². The van der Waals surface area contributed by atoms with E-state index in [4.69, 9.17) is 4.74 Å². The summed E-state index contributed by atoms with van der Waals surface area (Å²) in [5.41, 5.74) is -4.81. The lowest BCUT2D eigenvalue weighted by Gasteiger charge is -2.43. The smallest absolute Gasteiger partial charge is 0.180 e. The first-order valence-electron chi connectivity index (χ1n) is 9.02. The molecule has 2 aliphatic heterocycles. The zero-order valence-electron chi connectivity index (χ0n) is 15.1. The maximum Gasteiger partial charge on any atom is 0.180 e. The second-order valence-corrected chi connectivity index (χ2v) is 7.15. The summed E-state index contributed by atoms with van der Waals surface area (Å²) >= 11 is 0. The van der Waals surface area contributed by atoms with Crippen LogP contribution in [0.5, 0.6) is 0 Å². The highest BCUT2D eigenvalue weighted by Gasteiger charge is 2.79. The average Bonchev–Trinajstić information content (AvgIpc) is 3.46. The van der Waals surface area contributed by atoms with E-state index in [1.807, 2.05) is 0 Å². The van der Waals surface area contributed by atoms with Gasteiger partial charge in [0.25, 0.3) is 0 Å². The lowest BCUT2D eigenvalue weighted by atomic mass is 9.60. The van der Waals surface area contributed by atoms with Gasteiger partial charge < -0.3 is 19.4 Å². The number of rotatable bonds is 5. The number of ketones is 1. The molecule has 0 unspecified atom stereocenters. The third-order valence-corrected chi connectivity index (χ3v) is 5.62. The molecule has 0 saturated carbocycles. The zero-order chi connectivity index (χ0) is 20.0. The fourth-order valence-corrected chi connectivity index (χ4v) is 4.24. The highest BCUT2D eigenvalue weighted by Crippen LogP contribution is 2.60. The van der Waals surface area contributed by atoms with Crippen LogP contribution < -0.4 is 0 Å². The molecule has 0 aromatic rings. The largest absolute Gasteiger partial charge is 0.373 e. The summed E-state index contributed by atoms with van der Waals surface area (Å²) in [6, 6.07) is -0.626. The molecule has 4 aliphatic rings. The lowest BCUT2D eigenvalue weighted by molar-refractivity contribution is -0.145. The molecule has 6 nitrogen and oxygen atoms in total. The van der Waals surface area contributed by atoms with E-state index in [0.717, 1.165) is 0 Å². The molecule has 140 valence electrons. The summed E-state index contributed by atoms with van der Waals surface area (Å²) in [5.74, 6) is 10.9. The summed E-state index contributed by atoms with van der Waals surface area (Å²) in [6.07, 6.45) is 7.85. The minimum absolute atomic E-state index is 0.0760. The molecule has 4 atom stereocenters. The molecule has 0 radical (unpaired) electrons. The minimum Gasteiger partial charge on any atom is -0.373 e. The van der Waals surface area contributed by atoms with Crippen LogP contribution in [0.1, 0.15) is 19.8 Å². The van der Waals surface area contributed by atoms with Crippen LogP contribution in [0.2, 0.25) is 0 Å². The van der Waals surface area contributed by atoms with Crippen molar-refractivity contribution in [3.05, 3.63) is 36.0 Å². The first-order chi connectivity index (χ1) is 13.5. The van der Waals surface area contributed by atoms with Crippen molar-refractivity contribution in [2.45, 2.75) is 43.1 Å². The van der Waals surface area contributed by atoms with E-state index in [0.29, 0.717) is 30.3 Å². The Balaban J connectivity index is 2.03. The molecule has 4 rings (SSSR count). The highest BCUT2D eigenvalue weighted by atomic mass is 16.6. The monoisotopic (exact) mass is 375 g/mol. The first kappa shape index (κ1) is 18.3. The van der Waals surface area contributed by atoms with Crippen molar-refractivity contribution in [2.75, 3.05) is 0 Å². The van der Waals surface area contributed by atoms with Gasteiger partial charge in [0.2, 0.25) is 0 Å². The molecular weight excluding hydrogens is 358 g/mol. The number of hydrogen-bond acceptors (Lipinski definition) is 6. The number of nitrogens with zero attached hydrogens (tertiary/aromatic N) is 1. The molecule has 2 bridgehead atoms. The molecule has 2 aliphatic carbocycles. The van der Waals surface area contributed by atoms with Gasteiger partial charge in [-0.1, -0.05) is 37.0 Å². The van der Waals surface area contributed by atoms with Crippen LogP contribution >= 0.6 is 0 Å². The molecule has 28 heavy (non-hydrogen) atoms. The van der Waals surface area contributed by atoms with Gasteiger partial charge in [-0.15, -0.1) is 0 Å². The van der Waals surface area contributed by atoms with Crippen LogP contribution in [0.25, 0.3) is 0 Å². The van der Waals surface area contributed by atoms with E-state index < -0.39 is 28.8 Å². The van der Waals surface area contributed by atoms with Gasteiger partial charge in [-0.25, -0.2) is 0 Å². The third kappa shape index (κ3) is 2.19. The fourth-order valence-electron chi connectivity index (χ4n) is 4.24. The molecule has 0 aromatic carbocycles. The number of allylic oxidation sites excluding steroid dienone is 5. The Labute approximate surface area is 162 Å². The van der Waals surface area contributed by atoms with Crippen molar-refractivity contribution in [1.82, 2.24) is 0 Å². The number of carbonyl (C=O) groups is 3. The van der Waals surface area contributed by atoms with Crippen LogP contribution in [0.15, 0.2) is 40.9 Å². The molecule has 0 aromatic heterocycles. The quantitative estimate of drug-likeness (QED) is 0.248. The van der Waals surface area contributed by atoms with Gasteiger partial charge >= 0.3 is 0 Å². The van der Waals surface area contributed by atoms with Crippen LogP contribution in [0, 0.1) is 29.1 Å². The second-order valence-electron chi connectivity index (χ2n) is 7.15. The highest BCUT2D eigenvalue weighted by molar-refractivity contribution is 6.22. The summed E-state index contributed by atoms with van der Waals surface area (Å²) in [4.78, 5) is 40.9. The fraction of sp³-hybridized carbons (Fsp3) is 0.364. The third-order valence-electron chi connectivity index (χ3n) is 5.62. The Morgan fingerprint density at radius 2 is 2.04 bits per heavy atom. The number of hydrogen-bond donors (Lipinski definition) is 1. The standard InChI is InChI=1S/C22H17NO5/c1-2-10-20(13-24,14-25)21(27)11-6-4-3-5-7-18-19-22(21,28-19)16-12-15(26)8-9-17(16)23-18/h3-4,8-9,12-14,18-19,27H,2,10H2,1H3/b4-3-/t18-,19-,21-,22+/m0/s1. The molecule has 2 heterocycles. The lowest BCUT2D eigenvalue weighted by Crippen LogP contribution is -2.63. The van der Waals surface area contributed by atoms with Crippen molar-refractivity contribution >= 4 is 24.1 Å². The molecule has 0 amide bonds. The van der Waals surface area contributed by atoms with Gasteiger partial charge in [0.15, 0.2) is 17.0 Å². The van der Waals surface area contributed by atoms with Crippen molar-refractivity contribution in [3.8, 4) is 23.7 Å². The Morgan fingerprint density at radius 1 is 1.29 bits per heavy atom. The number of aldehydes is 2. The number of ether oxygens (including phenoxy) is 1. The van der Waals surface area contributed by atoms with Gasteiger partial charge in [0.1, 0.15) is 30.1 Å². The van der Waals surface area contributed by atoms with E-state index in [-0.39, 0.29) is 12.2 Å². The Hall–Kier alpha value is -3.06. The normalized spacial score (nSPS) is 35.4. The summed E-state index contributed by atoms with van der Waals surface area (Å²) < 4.78 is 5.98. The SMILES string of the molecule is CCCC(C=O)(C=O)[C@@]1(O)C#C/C=C\C#C[C@@H]2N=C3C=CC(=O)C=C3[C@]13O[C@@H]23. The van der Waals surface area contributed by atoms with Gasteiger partial charge in [0.05, 0.1) is 5.71 Å². The van der Waals surface area contributed by atoms with E-state index in [1.54, 1.807) is 6.92 Å². The number of aliphatic imine (C=N–C) groups is 1. The van der Waals surface area contributed by atoms with Crippen LogP contribution in [-0.4, -0.2) is 52.5 Å². The zero-order valence-corrected chi connectivity index (χ0v) is 15.1. The maximum atomic E-state index is 12.2. The van der Waals surface area contributed by atoms with Gasteiger partial charge in [-0.05, 0) is 36.8 Å². The van der Waals surface area contributed by atoms with Crippen molar-refractivity contribution < 1.29 is 24.2 Å². The maximum absolute atomic E-state index is 12.2. The topological polar surface area (TPSA) is 96.3 Å². The van der Waals surface area contributed by atoms with Crippen LogP contribution in [0.4, 0.5) is 0 Å². The van der Waals surface area contributed by atoms with E-state index in [9.17, 15) is 19.5 Å². The summed E-state index contributed by atoms with van der Waals surface area (Å²) in [5, 5.41) is 11.9. The van der Waals surface area contributed by atoms with Crippen molar-refractivity contribution in [2.24, 2.45) is 10.4 Å². The summed E-state index contributed by atoms with van der Waals surface area (Å²) in [6.45, 7) is 1.80. The van der Waals surface area contributed by atoms with Gasteiger partial charge in [-0.2, -0.15) is 0 Å². The first-order valence-corrected chi connectivity index (χ1v) is 9.02. The number of fused-ring (bicyclic) bond motifs is 1.